The molecule has 0 aromatic heterocycles. The maximum atomic E-state index is 12.5. The molecule has 3 rings (SSSR count). The van der Waals surface area contributed by atoms with Gasteiger partial charge in [0.25, 0.3) is 0 Å². The maximum Gasteiger partial charge on any atom is 0.163 e. The Morgan fingerprint density at radius 3 is 2.62 bits per heavy atom. The fraction of sp³-hybridized carbons (Fsp3) is 0.680. The number of carbonyl (C=O) groups excluding carboxylic acids is 2. The Labute approximate surface area is 174 Å². The van der Waals surface area contributed by atoms with Crippen molar-refractivity contribution in [1.82, 2.24) is 0 Å². The lowest BCUT2D eigenvalue weighted by atomic mass is 9.63. The lowest BCUT2D eigenvalue weighted by Crippen LogP contribution is -2.35. The second kappa shape index (κ2) is 7.96. The summed E-state index contributed by atoms with van der Waals surface area (Å²) < 4.78 is 0. The molecule has 160 valence electrons. The molecule has 0 aliphatic heterocycles. The normalized spacial score (nSPS) is 39.1. The van der Waals surface area contributed by atoms with Crippen molar-refractivity contribution in [2.75, 3.05) is 0 Å². The average molecular weight is 401 g/mol. The number of fused-ring (bicyclic) bond motifs is 2. The Bertz CT molecular complexity index is 753. The third kappa shape index (κ3) is 4.20. The number of aldehydes is 1. The van der Waals surface area contributed by atoms with Crippen molar-refractivity contribution < 1.29 is 19.8 Å². The van der Waals surface area contributed by atoms with Gasteiger partial charge in [0.1, 0.15) is 12.4 Å². The molecule has 0 spiro atoms. The number of hydrogen-bond acceptors (Lipinski definition) is 4. The van der Waals surface area contributed by atoms with Crippen LogP contribution in [0.3, 0.4) is 0 Å². The monoisotopic (exact) mass is 400 g/mol. The van der Waals surface area contributed by atoms with Gasteiger partial charge >= 0.3 is 0 Å². The van der Waals surface area contributed by atoms with Crippen molar-refractivity contribution in [2.45, 2.75) is 72.0 Å². The topological polar surface area (TPSA) is 74.6 Å². The van der Waals surface area contributed by atoms with Crippen LogP contribution in [0.2, 0.25) is 0 Å². The highest BCUT2D eigenvalue weighted by Crippen LogP contribution is 2.58. The molecule has 3 aliphatic carbocycles. The second-order valence-corrected chi connectivity index (χ2v) is 10.4. The first-order valence-corrected chi connectivity index (χ1v) is 10.9. The van der Waals surface area contributed by atoms with Gasteiger partial charge in [-0.05, 0) is 87.2 Å². The zero-order valence-corrected chi connectivity index (χ0v) is 18.4. The lowest BCUT2D eigenvalue weighted by Gasteiger charge is -2.40. The SMILES string of the molecule is CC1=CC(=O)[C@@H]2/C(C=O)=C\C[C@H]3[C@@H]([C@@H](C)/C=C\[C@H](O)C(C)(C)O)CC[C@]3(C)C[C@H]12. The Balaban J connectivity index is 1.86. The van der Waals surface area contributed by atoms with Crippen LogP contribution in [0.4, 0.5) is 0 Å². The van der Waals surface area contributed by atoms with E-state index in [1.807, 2.05) is 19.1 Å². The number of aliphatic hydroxyl groups is 2. The Morgan fingerprint density at radius 1 is 1.31 bits per heavy atom. The lowest BCUT2D eigenvalue weighted by molar-refractivity contribution is -0.119. The van der Waals surface area contributed by atoms with Crippen molar-refractivity contribution in [3.8, 4) is 0 Å². The summed E-state index contributed by atoms with van der Waals surface area (Å²) in [5.41, 5.74) is 0.742. The highest BCUT2D eigenvalue weighted by atomic mass is 16.3. The third-order valence-electron chi connectivity index (χ3n) is 7.91. The summed E-state index contributed by atoms with van der Waals surface area (Å²) in [4.78, 5) is 24.3. The minimum Gasteiger partial charge on any atom is -0.387 e. The highest BCUT2D eigenvalue weighted by molar-refractivity contribution is 6.01. The first-order valence-electron chi connectivity index (χ1n) is 10.9. The van der Waals surface area contributed by atoms with Crippen LogP contribution >= 0.6 is 0 Å². The Hall–Kier alpha value is -1.52. The molecule has 1 saturated carbocycles. The zero-order chi connectivity index (χ0) is 21.6. The van der Waals surface area contributed by atoms with Crippen molar-refractivity contribution in [3.63, 3.8) is 0 Å². The summed E-state index contributed by atoms with van der Waals surface area (Å²) in [6.07, 6.45) is 11.5. The van der Waals surface area contributed by atoms with Gasteiger partial charge in [0.2, 0.25) is 0 Å². The molecular formula is C25H36O4. The maximum absolute atomic E-state index is 12.5. The number of ketones is 1. The van der Waals surface area contributed by atoms with Crippen LogP contribution in [0.15, 0.2) is 35.5 Å². The first kappa shape index (κ1) is 22.2. The number of allylic oxidation sites excluding steroid dienone is 5. The van der Waals surface area contributed by atoms with Crippen molar-refractivity contribution in [3.05, 3.63) is 35.5 Å². The van der Waals surface area contributed by atoms with Crippen LogP contribution in [-0.4, -0.2) is 34.0 Å². The van der Waals surface area contributed by atoms with E-state index in [0.717, 1.165) is 37.5 Å². The van der Waals surface area contributed by atoms with Gasteiger partial charge in [0, 0.05) is 0 Å². The molecule has 0 unspecified atom stereocenters. The van der Waals surface area contributed by atoms with E-state index in [1.165, 1.54) is 0 Å². The molecule has 4 heteroatoms. The molecule has 3 aliphatic rings. The molecule has 29 heavy (non-hydrogen) atoms. The van der Waals surface area contributed by atoms with Crippen molar-refractivity contribution in [1.29, 1.82) is 0 Å². The van der Waals surface area contributed by atoms with Gasteiger partial charge < -0.3 is 10.2 Å². The molecule has 1 fully saturated rings. The zero-order valence-electron chi connectivity index (χ0n) is 18.4. The predicted molar refractivity (Wildman–Crippen MR) is 114 cm³/mol. The van der Waals surface area contributed by atoms with Crippen LogP contribution in [0.5, 0.6) is 0 Å². The second-order valence-electron chi connectivity index (χ2n) is 10.4. The summed E-state index contributed by atoms with van der Waals surface area (Å²) in [6, 6.07) is 0. The Morgan fingerprint density at radius 2 is 2.00 bits per heavy atom. The van der Waals surface area contributed by atoms with Gasteiger partial charge in [0.05, 0.1) is 11.5 Å². The molecule has 7 atom stereocenters. The molecular weight excluding hydrogens is 364 g/mol. The van der Waals surface area contributed by atoms with Crippen molar-refractivity contribution >= 4 is 12.1 Å². The van der Waals surface area contributed by atoms with Gasteiger partial charge in [-0.1, -0.05) is 37.6 Å². The van der Waals surface area contributed by atoms with Gasteiger partial charge in [-0.3, -0.25) is 9.59 Å². The molecule has 4 nitrogen and oxygen atoms in total. The van der Waals surface area contributed by atoms with E-state index in [9.17, 15) is 19.8 Å². The van der Waals surface area contributed by atoms with E-state index in [-0.39, 0.29) is 29.0 Å². The molecule has 0 aromatic rings. The van der Waals surface area contributed by atoms with E-state index in [2.05, 4.69) is 13.8 Å². The predicted octanol–water partition coefficient (Wildman–Crippen LogP) is 4.02. The van der Waals surface area contributed by atoms with Crippen molar-refractivity contribution in [2.24, 2.45) is 35.0 Å². The molecule has 0 saturated heterocycles. The number of rotatable bonds is 5. The summed E-state index contributed by atoms with van der Waals surface area (Å²) in [7, 11) is 0. The van der Waals surface area contributed by atoms with Gasteiger partial charge in [-0.25, -0.2) is 0 Å². The molecule has 0 bridgehead atoms. The molecule has 0 aromatic carbocycles. The average Bonchev–Trinajstić information content (AvgIpc) is 3.08. The minimum absolute atomic E-state index is 0.0827. The smallest absolute Gasteiger partial charge is 0.163 e. The summed E-state index contributed by atoms with van der Waals surface area (Å²) in [6.45, 7) is 9.78. The van der Waals surface area contributed by atoms with Crippen LogP contribution in [0, 0.1) is 35.0 Å². The largest absolute Gasteiger partial charge is 0.387 e. The van der Waals surface area contributed by atoms with Gasteiger partial charge in [-0.2, -0.15) is 0 Å². The fourth-order valence-corrected chi connectivity index (χ4v) is 5.97. The fourth-order valence-electron chi connectivity index (χ4n) is 5.97. The van der Waals surface area contributed by atoms with Gasteiger partial charge in [0.15, 0.2) is 5.78 Å². The van der Waals surface area contributed by atoms with Gasteiger partial charge in [-0.15, -0.1) is 0 Å². The van der Waals surface area contributed by atoms with E-state index in [1.54, 1.807) is 26.0 Å². The number of hydrogen-bond donors (Lipinski definition) is 2. The third-order valence-corrected chi connectivity index (χ3v) is 7.91. The molecule has 0 heterocycles. The number of carbonyl (C=O) groups is 2. The summed E-state index contributed by atoms with van der Waals surface area (Å²) in [5, 5.41) is 20.1. The van der Waals surface area contributed by atoms with Crippen LogP contribution in [0.1, 0.15) is 60.3 Å². The number of aliphatic hydroxyl groups excluding tert-OH is 1. The molecule has 2 N–H and O–H groups in total. The van der Waals surface area contributed by atoms with Crippen LogP contribution in [-0.2, 0) is 9.59 Å². The first-order chi connectivity index (χ1) is 13.5. The quantitative estimate of drug-likeness (QED) is 0.540. The van der Waals surface area contributed by atoms with Crippen LogP contribution in [0.25, 0.3) is 0 Å². The Kier molecular flexibility index (Phi) is 6.08. The highest BCUT2D eigenvalue weighted by Gasteiger charge is 2.50. The summed E-state index contributed by atoms with van der Waals surface area (Å²) >= 11 is 0. The van der Waals surface area contributed by atoms with E-state index in [4.69, 9.17) is 0 Å². The summed E-state index contributed by atoms with van der Waals surface area (Å²) in [5.74, 6) is 1.08. The van der Waals surface area contributed by atoms with E-state index >= 15 is 0 Å². The molecule has 0 radical (unpaired) electrons. The van der Waals surface area contributed by atoms with E-state index in [0.29, 0.717) is 17.4 Å². The standard InChI is InChI=1S/C25H36O4/c1-15(6-9-22(28)24(3,4)29)18-10-11-25(5)13-19-16(2)12-21(27)23(19)17(14-26)7-8-20(18)25/h6-7,9,12,14-15,18-20,22-23,28-29H,8,10-11,13H2,1-5H3/b9-6-,17-7-/t15-,18+,19+,20-,22-,23+,25+/m0/s1. The van der Waals surface area contributed by atoms with E-state index < -0.39 is 11.7 Å². The molecule has 0 amide bonds. The van der Waals surface area contributed by atoms with Crippen LogP contribution < -0.4 is 0 Å². The minimum atomic E-state index is -1.16.